The second-order valence-corrected chi connectivity index (χ2v) is 5.03. The van der Waals surface area contributed by atoms with Crippen LogP contribution >= 0.6 is 12.4 Å². The molecule has 0 aliphatic rings. The van der Waals surface area contributed by atoms with Crippen LogP contribution in [-0.2, 0) is 12.4 Å². The van der Waals surface area contributed by atoms with Crippen LogP contribution < -0.4 is 5.73 Å². The molecule has 1 aromatic carbocycles. The van der Waals surface area contributed by atoms with Gasteiger partial charge in [0, 0.05) is 0 Å². The lowest BCUT2D eigenvalue weighted by molar-refractivity contribution is -0.142. The molecule has 2 nitrogen and oxygen atoms in total. The Morgan fingerprint density at radius 3 is 2.09 bits per heavy atom. The number of benzene rings is 1. The number of unbranched alkanes of at least 4 members (excludes halogenated alkanes) is 1. The van der Waals surface area contributed by atoms with Crippen molar-refractivity contribution < 1.29 is 31.4 Å². The molecule has 134 valence electrons. The lowest BCUT2D eigenvalue weighted by Gasteiger charge is -2.24. The summed E-state index contributed by atoms with van der Waals surface area (Å²) in [4.78, 5) is 0. The van der Waals surface area contributed by atoms with E-state index in [4.69, 9.17) is 5.73 Å². The van der Waals surface area contributed by atoms with Gasteiger partial charge in [0.25, 0.3) is 0 Å². The van der Waals surface area contributed by atoms with Gasteiger partial charge in [-0.2, -0.15) is 26.3 Å². The standard InChI is InChI=1S/C14H17F6NO.ClH/c1-2-3-4-11(22)12(21)9-7-8(13(15,16)17)5-6-10(9)14(18,19)20;/h5-7,11-12,22H,2-4,21H2,1H3;1H/t11-,12+;/m1./s1. The molecular weight excluding hydrogens is 348 g/mol. The van der Waals surface area contributed by atoms with E-state index in [-0.39, 0.29) is 18.8 Å². The molecule has 0 bridgehead atoms. The van der Waals surface area contributed by atoms with E-state index in [0.29, 0.717) is 31.0 Å². The smallest absolute Gasteiger partial charge is 0.391 e. The van der Waals surface area contributed by atoms with Gasteiger partial charge in [0.05, 0.1) is 23.3 Å². The number of rotatable bonds is 5. The van der Waals surface area contributed by atoms with Crippen molar-refractivity contribution in [3.63, 3.8) is 0 Å². The van der Waals surface area contributed by atoms with Crippen LogP contribution in [-0.4, -0.2) is 11.2 Å². The Kier molecular flexibility index (Phi) is 7.86. The average Bonchev–Trinajstić information content (AvgIpc) is 2.41. The zero-order chi connectivity index (χ0) is 17.1. The molecule has 0 heterocycles. The maximum Gasteiger partial charge on any atom is 0.416 e. The van der Waals surface area contributed by atoms with Crippen LogP contribution in [0.5, 0.6) is 0 Å². The Morgan fingerprint density at radius 2 is 1.65 bits per heavy atom. The van der Waals surface area contributed by atoms with Gasteiger partial charge in [0.15, 0.2) is 0 Å². The van der Waals surface area contributed by atoms with Gasteiger partial charge in [-0.15, -0.1) is 12.4 Å². The molecule has 0 amide bonds. The van der Waals surface area contributed by atoms with Gasteiger partial charge < -0.3 is 10.8 Å². The second kappa shape index (κ2) is 8.21. The second-order valence-electron chi connectivity index (χ2n) is 5.03. The molecule has 0 aromatic heterocycles. The van der Waals surface area contributed by atoms with Crippen molar-refractivity contribution in [1.82, 2.24) is 0 Å². The molecule has 0 aliphatic heterocycles. The maximum absolute atomic E-state index is 12.9. The summed E-state index contributed by atoms with van der Waals surface area (Å²) in [5, 5.41) is 9.81. The highest BCUT2D eigenvalue weighted by molar-refractivity contribution is 5.85. The van der Waals surface area contributed by atoms with Crippen molar-refractivity contribution in [2.75, 3.05) is 0 Å². The fraction of sp³-hybridized carbons (Fsp3) is 0.571. The van der Waals surface area contributed by atoms with Crippen LogP contribution in [0.3, 0.4) is 0 Å². The van der Waals surface area contributed by atoms with Gasteiger partial charge in [0.1, 0.15) is 0 Å². The van der Waals surface area contributed by atoms with Gasteiger partial charge in [0.2, 0.25) is 0 Å². The number of aliphatic hydroxyl groups is 1. The molecular formula is C14H18ClF6NO. The number of halogens is 7. The molecule has 0 saturated carbocycles. The fourth-order valence-corrected chi connectivity index (χ4v) is 2.07. The zero-order valence-electron chi connectivity index (χ0n) is 12.2. The summed E-state index contributed by atoms with van der Waals surface area (Å²) < 4.78 is 76.8. The van der Waals surface area contributed by atoms with Gasteiger partial charge in [-0.05, 0) is 30.2 Å². The van der Waals surface area contributed by atoms with E-state index in [1.807, 2.05) is 6.92 Å². The van der Waals surface area contributed by atoms with E-state index in [2.05, 4.69) is 0 Å². The Balaban J connectivity index is 0.00000484. The first-order chi connectivity index (χ1) is 9.98. The van der Waals surface area contributed by atoms with Crippen molar-refractivity contribution in [2.24, 2.45) is 5.73 Å². The maximum atomic E-state index is 12.9. The van der Waals surface area contributed by atoms with Crippen LogP contribution in [0.4, 0.5) is 26.3 Å². The van der Waals surface area contributed by atoms with Gasteiger partial charge in [-0.1, -0.05) is 19.8 Å². The average molecular weight is 366 g/mol. The zero-order valence-corrected chi connectivity index (χ0v) is 13.0. The predicted molar refractivity (Wildman–Crippen MR) is 76.2 cm³/mol. The molecule has 0 fully saturated rings. The van der Waals surface area contributed by atoms with Crippen molar-refractivity contribution in [3.05, 3.63) is 34.9 Å². The highest BCUT2D eigenvalue weighted by Gasteiger charge is 2.39. The molecule has 1 rings (SSSR count). The summed E-state index contributed by atoms with van der Waals surface area (Å²) in [6.07, 6.45) is -9.67. The van der Waals surface area contributed by atoms with E-state index in [1.54, 1.807) is 0 Å². The minimum atomic E-state index is -4.85. The Hall–Kier alpha value is -0.990. The topological polar surface area (TPSA) is 46.2 Å². The summed E-state index contributed by atoms with van der Waals surface area (Å²) in [6, 6.07) is -0.463. The first-order valence-electron chi connectivity index (χ1n) is 6.70. The number of hydrogen-bond donors (Lipinski definition) is 2. The first-order valence-corrected chi connectivity index (χ1v) is 6.70. The van der Waals surface area contributed by atoms with E-state index in [0.717, 1.165) is 0 Å². The highest BCUT2D eigenvalue weighted by atomic mass is 35.5. The minimum absolute atomic E-state index is 0. The normalized spacial score (nSPS) is 15.0. The van der Waals surface area contributed by atoms with E-state index in [9.17, 15) is 31.4 Å². The van der Waals surface area contributed by atoms with E-state index >= 15 is 0 Å². The molecule has 0 aliphatic carbocycles. The molecule has 0 saturated heterocycles. The lowest BCUT2D eigenvalue weighted by Crippen LogP contribution is -2.29. The van der Waals surface area contributed by atoms with E-state index < -0.39 is 41.2 Å². The van der Waals surface area contributed by atoms with Crippen molar-refractivity contribution in [2.45, 2.75) is 50.7 Å². The molecule has 23 heavy (non-hydrogen) atoms. The van der Waals surface area contributed by atoms with Crippen LogP contribution in [0.15, 0.2) is 18.2 Å². The Bertz CT molecular complexity index is 503. The number of aliphatic hydroxyl groups excluding tert-OH is 1. The van der Waals surface area contributed by atoms with Gasteiger partial charge in [-0.25, -0.2) is 0 Å². The number of nitrogens with two attached hydrogens (primary N) is 1. The number of alkyl halides is 6. The van der Waals surface area contributed by atoms with Gasteiger partial charge >= 0.3 is 12.4 Å². The van der Waals surface area contributed by atoms with Crippen LogP contribution in [0, 0.1) is 0 Å². The monoisotopic (exact) mass is 365 g/mol. The lowest BCUT2D eigenvalue weighted by atomic mass is 9.92. The highest BCUT2D eigenvalue weighted by Crippen LogP contribution is 2.39. The molecule has 2 atom stereocenters. The third kappa shape index (κ3) is 5.86. The van der Waals surface area contributed by atoms with Crippen molar-refractivity contribution in [1.29, 1.82) is 0 Å². The SMILES string of the molecule is CCCC[C@@H](O)[C@@H](N)c1cc(C(F)(F)F)ccc1C(F)(F)F.Cl. The number of hydrogen-bond acceptors (Lipinski definition) is 2. The molecule has 1 aromatic rings. The Labute approximate surface area is 136 Å². The Morgan fingerprint density at radius 1 is 1.09 bits per heavy atom. The molecule has 3 N–H and O–H groups in total. The molecule has 0 radical (unpaired) electrons. The predicted octanol–water partition coefficient (Wildman–Crippen LogP) is 4.70. The summed E-state index contributed by atoms with van der Waals surface area (Å²) >= 11 is 0. The van der Waals surface area contributed by atoms with Crippen LogP contribution in [0.2, 0.25) is 0 Å². The molecule has 9 heteroatoms. The fourth-order valence-electron chi connectivity index (χ4n) is 2.07. The van der Waals surface area contributed by atoms with E-state index in [1.165, 1.54) is 0 Å². The van der Waals surface area contributed by atoms with Crippen molar-refractivity contribution in [3.8, 4) is 0 Å². The summed E-state index contributed by atoms with van der Waals surface area (Å²) in [7, 11) is 0. The quantitative estimate of drug-likeness (QED) is 0.743. The molecule has 0 unspecified atom stereocenters. The minimum Gasteiger partial charge on any atom is -0.391 e. The van der Waals surface area contributed by atoms with Crippen molar-refractivity contribution >= 4 is 12.4 Å². The first kappa shape index (κ1) is 22.0. The van der Waals surface area contributed by atoms with Gasteiger partial charge in [-0.3, -0.25) is 0 Å². The summed E-state index contributed by atoms with van der Waals surface area (Å²) in [5.74, 6) is 0. The third-order valence-corrected chi connectivity index (χ3v) is 3.31. The third-order valence-electron chi connectivity index (χ3n) is 3.31. The van der Waals surface area contributed by atoms with Crippen LogP contribution in [0.25, 0.3) is 0 Å². The summed E-state index contributed by atoms with van der Waals surface area (Å²) in [6.45, 7) is 1.81. The van der Waals surface area contributed by atoms with Crippen LogP contribution in [0.1, 0.15) is 48.9 Å². The summed E-state index contributed by atoms with van der Waals surface area (Å²) in [5.41, 5.74) is 2.34. The molecule has 0 spiro atoms. The largest absolute Gasteiger partial charge is 0.416 e.